The molecule has 9 heteroatoms. The summed E-state index contributed by atoms with van der Waals surface area (Å²) in [5.41, 5.74) is 8.10. The molecule has 0 aromatic heterocycles. The SMILES string of the molecule is CCCCCOc1ccccc1C1C(C#N)=C(N)Oc2cc(OC(=O)c3cc(Cl)c(OCC)c(Cl)c3)ccc21. The van der Waals surface area contributed by atoms with Gasteiger partial charge in [0.15, 0.2) is 5.75 Å². The number of para-hydroxylation sites is 1. The maximum absolute atomic E-state index is 12.9. The summed E-state index contributed by atoms with van der Waals surface area (Å²) in [6.07, 6.45) is 3.08. The first-order valence-electron chi connectivity index (χ1n) is 12.6. The van der Waals surface area contributed by atoms with E-state index in [1.165, 1.54) is 12.1 Å². The third kappa shape index (κ3) is 6.25. The Balaban J connectivity index is 1.64. The van der Waals surface area contributed by atoms with E-state index in [2.05, 4.69) is 13.0 Å². The first-order chi connectivity index (χ1) is 18.9. The Labute approximate surface area is 237 Å². The van der Waals surface area contributed by atoms with Gasteiger partial charge in [0, 0.05) is 17.2 Å². The average Bonchev–Trinajstić information content (AvgIpc) is 2.92. The molecule has 1 aliphatic rings. The van der Waals surface area contributed by atoms with Gasteiger partial charge in [0.2, 0.25) is 5.88 Å². The van der Waals surface area contributed by atoms with Crippen LogP contribution in [0.2, 0.25) is 10.0 Å². The van der Waals surface area contributed by atoms with Gasteiger partial charge in [-0.1, -0.05) is 67.2 Å². The van der Waals surface area contributed by atoms with Crippen molar-refractivity contribution in [3.8, 4) is 29.1 Å². The number of benzene rings is 3. The number of carbonyl (C=O) groups is 1. The second-order valence-electron chi connectivity index (χ2n) is 8.81. The molecule has 2 N–H and O–H groups in total. The zero-order chi connectivity index (χ0) is 27.9. The summed E-state index contributed by atoms with van der Waals surface area (Å²) in [4.78, 5) is 12.9. The molecule has 0 radical (unpaired) electrons. The van der Waals surface area contributed by atoms with Crippen LogP contribution in [0, 0.1) is 11.3 Å². The van der Waals surface area contributed by atoms with Crippen molar-refractivity contribution in [3.05, 3.63) is 92.8 Å². The number of halogens is 2. The molecule has 0 saturated heterocycles. The van der Waals surface area contributed by atoms with Crippen molar-refractivity contribution >= 4 is 29.2 Å². The van der Waals surface area contributed by atoms with Crippen LogP contribution < -0.4 is 24.7 Å². The zero-order valence-corrected chi connectivity index (χ0v) is 23.1. The highest BCUT2D eigenvalue weighted by atomic mass is 35.5. The molecule has 1 heterocycles. The molecular weight excluding hydrogens is 539 g/mol. The van der Waals surface area contributed by atoms with Crippen LogP contribution in [0.15, 0.2) is 66.1 Å². The van der Waals surface area contributed by atoms with E-state index in [4.69, 9.17) is 47.9 Å². The zero-order valence-electron chi connectivity index (χ0n) is 21.6. The molecule has 39 heavy (non-hydrogen) atoms. The number of fused-ring (bicyclic) bond motifs is 1. The van der Waals surface area contributed by atoms with Gasteiger partial charge < -0.3 is 24.7 Å². The Morgan fingerprint density at radius 1 is 1.03 bits per heavy atom. The number of unbranched alkanes of at least 4 members (excludes halogenated alkanes) is 2. The van der Waals surface area contributed by atoms with E-state index in [1.54, 1.807) is 25.1 Å². The predicted molar refractivity (Wildman–Crippen MR) is 150 cm³/mol. The minimum Gasteiger partial charge on any atom is -0.493 e. The number of carbonyl (C=O) groups excluding carboxylic acids is 1. The molecule has 7 nitrogen and oxygen atoms in total. The molecule has 1 atom stereocenters. The lowest BCUT2D eigenvalue weighted by Crippen LogP contribution is -2.21. The minimum absolute atomic E-state index is 0.0238. The van der Waals surface area contributed by atoms with Crippen LogP contribution >= 0.6 is 23.2 Å². The summed E-state index contributed by atoms with van der Waals surface area (Å²) in [5, 5.41) is 10.3. The van der Waals surface area contributed by atoms with Gasteiger partial charge in [0.1, 0.15) is 28.9 Å². The fourth-order valence-electron chi connectivity index (χ4n) is 4.33. The summed E-state index contributed by atoms with van der Waals surface area (Å²) in [6.45, 7) is 4.88. The van der Waals surface area contributed by atoms with E-state index >= 15 is 0 Å². The summed E-state index contributed by atoms with van der Waals surface area (Å²) in [7, 11) is 0. The average molecular weight is 567 g/mol. The number of ether oxygens (including phenoxy) is 4. The van der Waals surface area contributed by atoms with Crippen molar-refractivity contribution in [2.75, 3.05) is 13.2 Å². The van der Waals surface area contributed by atoms with Crippen LogP contribution in [0.1, 0.15) is 60.5 Å². The highest BCUT2D eigenvalue weighted by Gasteiger charge is 2.33. The highest BCUT2D eigenvalue weighted by molar-refractivity contribution is 6.37. The van der Waals surface area contributed by atoms with E-state index in [-0.39, 0.29) is 32.8 Å². The normalized spacial score (nSPS) is 14.2. The van der Waals surface area contributed by atoms with Crippen LogP contribution in [0.25, 0.3) is 0 Å². The van der Waals surface area contributed by atoms with Gasteiger partial charge in [-0.3, -0.25) is 0 Å². The number of rotatable bonds is 10. The van der Waals surface area contributed by atoms with Crippen LogP contribution in [0.5, 0.6) is 23.0 Å². The smallest absolute Gasteiger partial charge is 0.343 e. The molecular formula is C30H28Cl2N2O5. The monoisotopic (exact) mass is 566 g/mol. The molecule has 0 saturated carbocycles. The van der Waals surface area contributed by atoms with Crippen LogP contribution in [-0.2, 0) is 0 Å². The second-order valence-corrected chi connectivity index (χ2v) is 9.62. The Kier molecular flexibility index (Phi) is 9.23. The summed E-state index contributed by atoms with van der Waals surface area (Å²) in [5.74, 6) is 0.351. The summed E-state index contributed by atoms with van der Waals surface area (Å²) in [6, 6.07) is 17.6. The number of allylic oxidation sites excluding steroid dienone is 1. The van der Waals surface area contributed by atoms with Gasteiger partial charge in [-0.2, -0.15) is 5.26 Å². The second kappa shape index (κ2) is 12.8. The third-order valence-electron chi connectivity index (χ3n) is 6.16. The van der Waals surface area contributed by atoms with Gasteiger partial charge in [0.05, 0.1) is 34.7 Å². The molecule has 4 rings (SSSR count). The molecule has 0 fully saturated rings. The Morgan fingerprint density at radius 2 is 1.77 bits per heavy atom. The molecule has 1 unspecified atom stereocenters. The van der Waals surface area contributed by atoms with E-state index < -0.39 is 11.9 Å². The topological polar surface area (TPSA) is 104 Å². The first-order valence-corrected chi connectivity index (χ1v) is 13.4. The van der Waals surface area contributed by atoms with Gasteiger partial charge in [-0.25, -0.2) is 4.79 Å². The van der Waals surface area contributed by atoms with Gasteiger partial charge in [-0.15, -0.1) is 0 Å². The van der Waals surface area contributed by atoms with Crippen molar-refractivity contribution in [2.45, 2.75) is 39.0 Å². The molecule has 0 bridgehead atoms. The van der Waals surface area contributed by atoms with Crippen LogP contribution in [0.3, 0.4) is 0 Å². The Morgan fingerprint density at radius 3 is 2.46 bits per heavy atom. The fourth-order valence-corrected chi connectivity index (χ4v) is 4.93. The van der Waals surface area contributed by atoms with Gasteiger partial charge >= 0.3 is 5.97 Å². The number of hydrogen-bond donors (Lipinski definition) is 1. The van der Waals surface area contributed by atoms with E-state index in [9.17, 15) is 10.1 Å². The van der Waals surface area contributed by atoms with Crippen molar-refractivity contribution in [1.29, 1.82) is 5.26 Å². The molecule has 3 aromatic carbocycles. The Bertz CT molecular complexity index is 1420. The maximum Gasteiger partial charge on any atom is 0.343 e. The predicted octanol–water partition coefficient (Wildman–Crippen LogP) is 7.40. The number of esters is 1. The van der Waals surface area contributed by atoms with Crippen molar-refractivity contribution in [1.82, 2.24) is 0 Å². The molecule has 1 aliphatic heterocycles. The molecule has 3 aromatic rings. The first kappa shape index (κ1) is 28.2. The number of hydrogen-bond acceptors (Lipinski definition) is 7. The molecule has 0 aliphatic carbocycles. The number of nitriles is 1. The third-order valence-corrected chi connectivity index (χ3v) is 6.72. The lowest BCUT2D eigenvalue weighted by molar-refractivity contribution is 0.0734. The standard InChI is InChI=1S/C30H28Cl2N2O5/c1-3-5-8-13-37-25-10-7-6-9-20(25)27-21-12-11-19(16-26(21)39-29(34)22(27)17-33)38-30(35)18-14-23(31)28(36-4-2)24(32)15-18/h6-7,9-12,14-16,27H,3-5,8,13,34H2,1-2H3. The number of nitrogens with two attached hydrogens (primary N) is 1. The molecule has 0 spiro atoms. The van der Waals surface area contributed by atoms with Crippen LogP contribution in [0.4, 0.5) is 0 Å². The highest BCUT2D eigenvalue weighted by Crippen LogP contribution is 2.46. The summed E-state index contributed by atoms with van der Waals surface area (Å²) < 4.78 is 22.9. The fraction of sp³-hybridized carbons (Fsp3) is 0.267. The van der Waals surface area contributed by atoms with Crippen molar-refractivity contribution in [2.24, 2.45) is 5.73 Å². The number of nitrogens with zero attached hydrogens (tertiary/aromatic N) is 1. The van der Waals surface area contributed by atoms with E-state index in [1.807, 2.05) is 24.3 Å². The summed E-state index contributed by atoms with van der Waals surface area (Å²) >= 11 is 12.5. The lowest BCUT2D eigenvalue weighted by Gasteiger charge is -2.28. The van der Waals surface area contributed by atoms with Gasteiger partial charge in [-0.05, 0) is 37.6 Å². The minimum atomic E-state index is -0.666. The van der Waals surface area contributed by atoms with Crippen LogP contribution in [-0.4, -0.2) is 19.2 Å². The largest absolute Gasteiger partial charge is 0.493 e. The van der Waals surface area contributed by atoms with Crippen molar-refractivity contribution < 1.29 is 23.7 Å². The molecule has 0 amide bonds. The van der Waals surface area contributed by atoms with Gasteiger partial charge in [0.25, 0.3) is 0 Å². The van der Waals surface area contributed by atoms with E-state index in [0.29, 0.717) is 36.0 Å². The Hall–Kier alpha value is -3.86. The van der Waals surface area contributed by atoms with Crippen molar-refractivity contribution in [3.63, 3.8) is 0 Å². The molecule has 202 valence electrons. The maximum atomic E-state index is 12.9. The quantitative estimate of drug-likeness (QED) is 0.155. The lowest BCUT2D eigenvalue weighted by atomic mass is 9.83. The van der Waals surface area contributed by atoms with E-state index in [0.717, 1.165) is 24.8 Å².